The molecule has 0 amide bonds. The van der Waals surface area contributed by atoms with Gasteiger partial charge in [0.2, 0.25) is 0 Å². The molecular formula is C13H19NO3S. The number of rotatable bonds is 3. The van der Waals surface area contributed by atoms with Crippen molar-refractivity contribution in [3.05, 3.63) is 20.7 Å². The van der Waals surface area contributed by atoms with E-state index in [1.54, 1.807) is 5.38 Å². The largest absolute Gasteiger partial charge is 0.461 e. The van der Waals surface area contributed by atoms with Crippen LogP contribution in [0.1, 0.15) is 38.3 Å². The van der Waals surface area contributed by atoms with E-state index in [0.717, 1.165) is 36.3 Å². The zero-order valence-electron chi connectivity index (χ0n) is 10.8. The van der Waals surface area contributed by atoms with Crippen LogP contribution < -0.4 is 4.87 Å². The van der Waals surface area contributed by atoms with E-state index in [-0.39, 0.29) is 23.5 Å². The summed E-state index contributed by atoms with van der Waals surface area (Å²) < 4.78 is 6.92. The predicted octanol–water partition coefficient (Wildman–Crippen LogP) is 2.34. The lowest BCUT2D eigenvalue weighted by molar-refractivity contribution is -0.152. The molecule has 18 heavy (non-hydrogen) atoms. The Bertz CT molecular complexity index is 477. The molecule has 1 aromatic rings. The number of hydrogen-bond acceptors (Lipinski definition) is 4. The number of hydrogen-bond donors (Lipinski definition) is 0. The molecule has 1 aromatic heterocycles. The van der Waals surface area contributed by atoms with Gasteiger partial charge in [0.15, 0.2) is 0 Å². The molecule has 1 aliphatic rings. The smallest absolute Gasteiger partial charge is 0.326 e. The van der Waals surface area contributed by atoms with E-state index in [1.165, 1.54) is 11.0 Å². The van der Waals surface area contributed by atoms with Crippen LogP contribution >= 0.6 is 11.3 Å². The molecule has 5 heteroatoms. The van der Waals surface area contributed by atoms with E-state index < -0.39 is 0 Å². The van der Waals surface area contributed by atoms with Crippen molar-refractivity contribution < 1.29 is 9.53 Å². The third-order valence-electron chi connectivity index (χ3n) is 3.45. The molecule has 0 aliphatic heterocycles. The topological polar surface area (TPSA) is 48.3 Å². The van der Waals surface area contributed by atoms with Crippen LogP contribution in [0.3, 0.4) is 0 Å². The molecule has 4 nitrogen and oxygen atoms in total. The van der Waals surface area contributed by atoms with Crippen LogP contribution in [0, 0.1) is 12.8 Å². The molecular weight excluding hydrogens is 250 g/mol. The Hall–Kier alpha value is -1.10. The van der Waals surface area contributed by atoms with Crippen molar-refractivity contribution in [3.8, 4) is 0 Å². The van der Waals surface area contributed by atoms with Crippen molar-refractivity contribution in [2.24, 2.45) is 5.92 Å². The van der Waals surface area contributed by atoms with Crippen LogP contribution in [0.2, 0.25) is 0 Å². The zero-order chi connectivity index (χ0) is 13.1. The fraction of sp³-hybridized carbons (Fsp3) is 0.692. The van der Waals surface area contributed by atoms with Crippen molar-refractivity contribution in [1.82, 2.24) is 4.57 Å². The number of thiazole rings is 1. The van der Waals surface area contributed by atoms with Gasteiger partial charge in [0.05, 0.1) is 0 Å². The van der Waals surface area contributed by atoms with Gasteiger partial charge in [0.1, 0.15) is 12.6 Å². The van der Waals surface area contributed by atoms with Crippen molar-refractivity contribution in [2.75, 3.05) is 0 Å². The summed E-state index contributed by atoms with van der Waals surface area (Å²) in [6, 6.07) is 0. The predicted molar refractivity (Wildman–Crippen MR) is 70.8 cm³/mol. The van der Waals surface area contributed by atoms with Gasteiger partial charge in [-0.15, -0.1) is 0 Å². The number of esters is 1. The minimum absolute atomic E-state index is 0.0379. The molecule has 0 aromatic carbocycles. The molecule has 2 unspecified atom stereocenters. The second-order valence-electron chi connectivity index (χ2n) is 5.11. The van der Waals surface area contributed by atoms with Crippen LogP contribution in [0.5, 0.6) is 0 Å². The Labute approximate surface area is 111 Å². The van der Waals surface area contributed by atoms with E-state index in [1.807, 2.05) is 6.92 Å². The maximum absolute atomic E-state index is 11.8. The minimum Gasteiger partial charge on any atom is -0.461 e. The molecule has 2 rings (SSSR count). The lowest BCUT2D eigenvalue weighted by Gasteiger charge is -2.26. The number of carbonyl (C=O) groups excluding carboxylic acids is 1. The van der Waals surface area contributed by atoms with Crippen LogP contribution in [-0.2, 0) is 16.1 Å². The average Bonchev–Trinajstić information content (AvgIpc) is 2.61. The lowest BCUT2D eigenvalue weighted by atomic mass is 9.89. The summed E-state index contributed by atoms with van der Waals surface area (Å²) >= 11 is 1.12. The van der Waals surface area contributed by atoms with Gasteiger partial charge in [0, 0.05) is 11.1 Å². The van der Waals surface area contributed by atoms with Crippen molar-refractivity contribution >= 4 is 17.3 Å². The van der Waals surface area contributed by atoms with Gasteiger partial charge in [-0.25, -0.2) is 0 Å². The van der Waals surface area contributed by atoms with Crippen molar-refractivity contribution in [2.45, 2.75) is 52.2 Å². The molecule has 1 saturated carbocycles. The highest BCUT2D eigenvalue weighted by molar-refractivity contribution is 7.07. The van der Waals surface area contributed by atoms with E-state index in [4.69, 9.17) is 4.74 Å². The quantitative estimate of drug-likeness (QED) is 0.791. The maximum atomic E-state index is 11.8. The standard InChI is InChI=1S/C13H19NO3S/c1-9-4-3-5-11(6-9)17-12(15)7-14-10(2)8-18-13(14)16/h8-9,11H,3-7H2,1-2H3. The van der Waals surface area contributed by atoms with Gasteiger partial charge >= 0.3 is 10.8 Å². The summed E-state index contributed by atoms with van der Waals surface area (Å²) in [7, 11) is 0. The second-order valence-corrected chi connectivity index (χ2v) is 5.93. The van der Waals surface area contributed by atoms with Gasteiger partial charge in [0.25, 0.3) is 0 Å². The summed E-state index contributed by atoms with van der Waals surface area (Å²) in [5, 5.41) is 1.76. The van der Waals surface area contributed by atoms with Gasteiger partial charge in [-0.1, -0.05) is 24.7 Å². The van der Waals surface area contributed by atoms with Crippen molar-refractivity contribution in [3.63, 3.8) is 0 Å². The Morgan fingerprint density at radius 3 is 2.94 bits per heavy atom. The molecule has 2 atom stereocenters. The summed E-state index contributed by atoms with van der Waals surface area (Å²) in [6.07, 6.45) is 4.28. The fourth-order valence-electron chi connectivity index (χ4n) is 2.43. The Balaban J connectivity index is 1.91. The number of nitrogens with zero attached hydrogens (tertiary/aromatic N) is 1. The number of carbonyl (C=O) groups is 1. The number of aromatic nitrogens is 1. The Kier molecular flexibility index (Phi) is 4.22. The first-order valence-electron chi connectivity index (χ1n) is 6.40. The van der Waals surface area contributed by atoms with E-state index in [0.29, 0.717) is 5.92 Å². The van der Waals surface area contributed by atoms with Crippen LogP contribution in [-0.4, -0.2) is 16.6 Å². The van der Waals surface area contributed by atoms with E-state index in [2.05, 4.69) is 6.92 Å². The summed E-state index contributed by atoms with van der Waals surface area (Å²) in [6.45, 7) is 4.06. The molecule has 0 saturated heterocycles. The highest BCUT2D eigenvalue weighted by Crippen LogP contribution is 2.25. The minimum atomic E-state index is -0.294. The van der Waals surface area contributed by atoms with Gasteiger partial charge in [-0.3, -0.25) is 14.2 Å². The summed E-state index contributed by atoms with van der Waals surface area (Å²) in [5.74, 6) is 0.333. The molecule has 0 spiro atoms. The molecule has 100 valence electrons. The van der Waals surface area contributed by atoms with Gasteiger partial charge in [-0.2, -0.15) is 0 Å². The molecule has 1 aliphatic carbocycles. The molecule has 0 bridgehead atoms. The molecule has 0 N–H and O–H groups in total. The molecule has 1 heterocycles. The van der Waals surface area contributed by atoms with E-state index >= 15 is 0 Å². The Morgan fingerprint density at radius 2 is 2.33 bits per heavy atom. The average molecular weight is 269 g/mol. The third-order valence-corrected chi connectivity index (χ3v) is 4.33. The van der Waals surface area contributed by atoms with Gasteiger partial charge < -0.3 is 4.74 Å². The lowest BCUT2D eigenvalue weighted by Crippen LogP contribution is -2.28. The summed E-state index contributed by atoms with van der Waals surface area (Å²) in [5.41, 5.74) is 0.818. The summed E-state index contributed by atoms with van der Waals surface area (Å²) in [4.78, 5) is 23.2. The molecule has 1 fully saturated rings. The molecule has 0 radical (unpaired) electrons. The first kappa shape index (κ1) is 13.3. The van der Waals surface area contributed by atoms with Gasteiger partial charge in [-0.05, 0) is 32.1 Å². The third kappa shape index (κ3) is 3.22. The Morgan fingerprint density at radius 1 is 1.56 bits per heavy atom. The normalized spacial score (nSPS) is 23.9. The zero-order valence-corrected chi connectivity index (χ0v) is 11.7. The second kappa shape index (κ2) is 5.69. The van der Waals surface area contributed by atoms with Crippen LogP contribution in [0.4, 0.5) is 0 Å². The maximum Gasteiger partial charge on any atom is 0.326 e. The monoisotopic (exact) mass is 269 g/mol. The fourth-order valence-corrected chi connectivity index (χ4v) is 3.17. The number of ether oxygens (including phenoxy) is 1. The van der Waals surface area contributed by atoms with Crippen LogP contribution in [0.25, 0.3) is 0 Å². The SMILES string of the molecule is Cc1csc(=O)n1CC(=O)OC1CCCC(C)C1. The highest BCUT2D eigenvalue weighted by Gasteiger charge is 2.22. The first-order chi connectivity index (χ1) is 8.56. The van der Waals surface area contributed by atoms with E-state index in [9.17, 15) is 9.59 Å². The highest BCUT2D eigenvalue weighted by atomic mass is 32.1. The number of aryl methyl sites for hydroxylation is 1. The first-order valence-corrected chi connectivity index (χ1v) is 7.28. The van der Waals surface area contributed by atoms with Crippen LogP contribution in [0.15, 0.2) is 10.2 Å². The van der Waals surface area contributed by atoms with Crippen molar-refractivity contribution in [1.29, 1.82) is 0 Å².